The summed E-state index contributed by atoms with van der Waals surface area (Å²) < 4.78 is 5.69. The third kappa shape index (κ3) is 6.18. The zero-order valence-corrected chi connectivity index (χ0v) is 16.7. The van der Waals surface area contributed by atoms with E-state index in [1.54, 1.807) is 0 Å². The fraction of sp³-hybridized carbons (Fsp3) is 0.609. The van der Waals surface area contributed by atoms with Crippen molar-refractivity contribution in [2.24, 2.45) is 11.8 Å². The van der Waals surface area contributed by atoms with E-state index in [2.05, 4.69) is 19.9 Å². The van der Waals surface area contributed by atoms with Gasteiger partial charge in [-0.1, -0.05) is 32.8 Å². The first-order valence-electron chi connectivity index (χ1n) is 10.4. The Morgan fingerprint density at radius 1 is 0.963 bits per heavy atom. The van der Waals surface area contributed by atoms with Gasteiger partial charge < -0.3 is 14.6 Å². The first-order chi connectivity index (χ1) is 13.1. The molecule has 27 heavy (non-hydrogen) atoms. The van der Waals surface area contributed by atoms with Crippen molar-refractivity contribution in [1.29, 1.82) is 0 Å². The van der Waals surface area contributed by atoms with Gasteiger partial charge in [-0.25, -0.2) is 0 Å². The molecule has 2 aromatic rings. The molecule has 0 fully saturated rings. The van der Waals surface area contributed by atoms with Crippen LogP contribution in [0.1, 0.15) is 63.5 Å². The van der Waals surface area contributed by atoms with Crippen LogP contribution in [0.15, 0.2) is 33.7 Å². The van der Waals surface area contributed by atoms with Gasteiger partial charge in [0, 0.05) is 19.3 Å². The summed E-state index contributed by atoms with van der Waals surface area (Å²) in [5, 5.41) is 19.0. The predicted molar refractivity (Wildman–Crippen MR) is 110 cm³/mol. The van der Waals surface area contributed by atoms with E-state index in [1.165, 1.54) is 17.9 Å². The summed E-state index contributed by atoms with van der Waals surface area (Å²) >= 11 is 0. The second-order valence-corrected chi connectivity index (χ2v) is 7.60. The molecule has 2 unspecified atom stereocenters. The van der Waals surface area contributed by atoms with E-state index < -0.39 is 0 Å². The molecule has 0 aliphatic rings. The van der Waals surface area contributed by atoms with Gasteiger partial charge in [0.2, 0.25) is 0 Å². The summed E-state index contributed by atoms with van der Waals surface area (Å²) in [4.78, 5) is 12.5. The Balaban J connectivity index is 2.36. The zero-order chi connectivity index (χ0) is 19.6. The minimum Gasteiger partial charge on any atom is -0.464 e. The topological polar surface area (TPSA) is 70.7 Å². The van der Waals surface area contributed by atoms with Crippen LogP contribution in [0.25, 0.3) is 11.0 Å². The summed E-state index contributed by atoms with van der Waals surface area (Å²) in [6, 6.07) is 5.69. The molecule has 1 heterocycles. The highest BCUT2D eigenvalue weighted by molar-refractivity contribution is 5.81. The van der Waals surface area contributed by atoms with E-state index >= 15 is 0 Å². The molecule has 0 radical (unpaired) electrons. The van der Waals surface area contributed by atoms with Crippen LogP contribution < -0.4 is 5.43 Å². The predicted octanol–water partition coefficient (Wildman–Crippen LogP) is 4.48. The lowest BCUT2D eigenvalue weighted by Crippen LogP contribution is -2.11. The molecule has 0 spiro atoms. The van der Waals surface area contributed by atoms with Crippen LogP contribution in [0.3, 0.4) is 0 Å². The van der Waals surface area contributed by atoms with Gasteiger partial charge in [0.25, 0.3) is 0 Å². The number of rotatable bonds is 12. The largest absolute Gasteiger partial charge is 0.464 e. The summed E-state index contributed by atoms with van der Waals surface area (Å²) in [5.41, 5.74) is 2.96. The molecule has 0 amide bonds. The van der Waals surface area contributed by atoms with Crippen molar-refractivity contribution in [2.45, 2.75) is 65.2 Å². The van der Waals surface area contributed by atoms with Crippen molar-refractivity contribution in [3.63, 3.8) is 0 Å². The molecule has 1 aromatic carbocycles. The molecular formula is C23H34O4. The number of fused-ring (bicyclic) bond motifs is 1. The second kappa shape index (κ2) is 11.3. The van der Waals surface area contributed by atoms with Crippen LogP contribution in [0.5, 0.6) is 0 Å². The van der Waals surface area contributed by atoms with Crippen LogP contribution in [0.4, 0.5) is 0 Å². The molecule has 0 aliphatic heterocycles. The lowest BCUT2D eigenvalue weighted by molar-refractivity contribution is 0.269. The molecule has 4 nitrogen and oxygen atoms in total. The molecule has 1 aromatic heterocycles. The Bertz CT molecular complexity index is 750. The highest BCUT2D eigenvalue weighted by Crippen LogP contribution is 2.27. The lowest BCUT2D eigenvalue weighted by Gasteiger charge is -2.18. The molecule has 4 heteroatoms. The zero-order valence-electron chi connectivity index (χ0n) is 16.7. The molecule has 2 rings (SSSR count). The van der Waals surface area contributed by atoms with E-state index in [9.17, 15) is 4.79 Å². The maximum Gasteiger partial charge on any atom is 0.192 e. The minimum absolute atomic E-state index is 0.0159. The van der Waals surface area contributed by atoms with Gasteiger partial charge in [0.05, 0.1) is 11.6 Å². The van der Waals surface area contributed by atoms with Gasteiger partial charge in [0.15, 0.2) is 5.43 Å². The van der Waals surface area contributed by atoms with Crippen molar-refractivity contribution in [3.05, 3.63) is 45.8 Å². The molecule has 2 atom stereocenters. The Hall–Kier alpha value is -1.65. The SMILES string of the molecule is CCC(CCCO)Cc1cc(CC(CC)CCCO)c2c(=O)ccoc2c1. The van der Waals surface area contributed by atoms with Crippen molar-refractivity contribution in [3.8, 4) is 0 Å². The normalized spacial score (nSPS) is 13.8. The van der Waals surface area contributed by atoms with Gasteiger partial charge >= 0.3 is 0 Å². The molecule has 150 valence electrons. The standard InChI is InChI=1S/C23H34O4/c1-3-17(7-5-10-24)13-19-15-20(14-18(4-2)8-6-11-25)23-21(26)9-12-27-22(23)16-19/h9,12,15-18,24-25H,3-8,10-11,13-14H2,1-2H3. The van der Waals surface area contributed by atoms with Crippen LogP contribution in [-0.4, -0.2) is 23.4 Å². The van der Waals surface area contributed by atoms with Crippen LogP contribution in [-0.2, 0) is 12.8 Å². The minimum atomic E-state index is 0.0159. The summed E-state index contributed by atoms with van der Waals surface area (Å²) in [6.07, 6.45) is 8.94. The van der Waals surface area contributed by atoms with E-state index in [0.29, 0.717) is 22.8 Å². The molecule has 0 aliphatic carbocycles. The number of hydrogen-bond donors (Lipinski definition) is 2. The van der Waals surface area contributed by atoms with Crippen molar-refractivity contribution < 1.29 is 14.6 Å². The van der Waals surface area contributed by atoms with Gasteiger partial charge in [-0.15, -0.1) is 0 Å². The molecule has 0 saturated carbocycles. The van der Waals surface area contributed by atoms with Crippen molar-refractivity contribution in [1.82, 2.24) is 0 Å². The summed E-state index contributed by atoms with van der Waals surface area (Å²) in [6.45, 7) is 4.80. The van der Waals surface area contributed by atoms with Crippen LogP contribution >= 0.6 is 0 Å². The molecular weight excluding hydrogens is 340 g/mol. The Morgan fingerprint density at radius 2 is 1.59 bits per heavy atom. The second-order valence-electron chi connectivity index (χ2n) is 7.60. The third-order valence-corrected chi connectivity index (χ3v) is 5.63. The number of aliphatic hydroxyl groups excluding tert-OH is 2. The van der Waals surface area contributed by atoms with Gasteiger partial charge in [-0.05, 0) is 67.6 Å². The number of aliphatic hydroxyl groups is 2. The highest BCUT2D eigenvalue weighted by atomic mass is 16.3. The first-order valence-corrected chi connectivity index (χ1v) is 10.4. The van der Waals surface area contributed by atoms with Gasteiger partial charge in [-0.3, -0.25) is 4.79 Å². The van der Waals surface area contributed by atoms with Crippen molar-refractivity contribution in [2.75, 3.05) is 13.2 Å². The molecule has 0 saturated heterocycles. The first kappa shape index (κ1) is 21.6. The van der Waals surface area contributed by atoms with E-state index in [4.69, 9.17) is 14.6 Å². The van der Waals surface area contributed by atoms with Gasteiger partial charge in [-0.2, -0.15) is 0 Å². The number of hydrogen-bond acceptors (Lipinski definition) is 4. The molecule has 0 bridgehead atoms. The lowest BCUT2D eigenvalue weighted by atomic mass is 9.87. The quantitative estimate of drug-likeness (QED) is 0.575. The Kier molecular flexibility index (Phi) is 9.02. The summed E-state index contributed by atoms with van der Waals surface area (Å²) in [5.74, 6) is 0.973. The van der Waals surface area contributed by atoms with Crippen LogP contribution in [0.2, 0.25) is 0 Å². The smallest absolute Gasteiger partial charge is 0.192 e. The molecule has 2 N–H and O–H groups in total. The van der Waals surface area contributed by atoms with Crippen LogP contribution in [0, 0.1) is 11.8 Å². The maximum atomic E-state index is 12.5. The van der Waals surface area contributed by atoms with E-state index in [1.807, 2.05) is 6.07 Å². The highest BCUT2D eigenvalue weighted by Gasteiger charge is 2.16. The third-order valence-electron chi connectivity index (χ3n) is 5.63. The fourth-order valence-electron chi connectivity index (χ4n) is 3.95. The fourth-order valence-corrected chi connectivity index (χ4v) is 3.95. The van der Waals surface area contributed by atoms with E-state index in [0.717, 1.165) is 56.9 Å². The Morgan fingerprint density at radius 3 is 2.19 bits per heavy atom. The average Bonchev–Trinajstić information content (AvgIpc) is 2.68. The van der Waals surface area contributed by atoms with E-state index in [-0.39, 0.29) is 18.6 Å². The summed E-state index contributed by atoms with van der Waals surface area (Å²) in [7, 11) is 0. The average molecular weight is 375 g/mol. The monoisotopic (exact) mass is 374 g/mol. The van der Waals surface area contributed by atoms with Gasteiger partial charge in [0.1, 0.15) is 5.58 Å². The Labute approximate surface area is 162 Å². The van der Waals surface area contributed by atoms with Crippen molar-refractivity contribution >= 4 is 11.0 Å². The number of benzene rings is 1. The maximum absolute atomic E-state index is 12.5.